The summed E-state index contributed by atoms with van der Waals surface area (Å²) in [4.78, 5) is 13.0. The van der Waals surface area contributed by atoms with Gasteiger partial charge in [-0.25, -0.2) is 12.8 Å². The van der Waals surface area contributed by atoms with E-state index in [-0.39, 0.29) is 17.0 Å². The first-order valence-electron chi connectivity index (χ1n) is 7.94. The second-order valence-corrected chi connectivity index (χ2v) is 9.27. The molecule has 140 valence electrons. The van der Waals surface area contributed by atoms with Crippen molar-refractivity contribution >= 4 is 38.7 Å². The lowest BCUT2D eigenvalue weighted by molar-refractivity contribution is 0.0953. The van der Waals surface area contributed by atoms with E-state index in [1.54, 1.807) is 17.5 Å². The van der Waals surface area contributed by atoms with Crippen LogP contribution in [0.2, 0.25) is 5.02 Å². The first-order chi connectivity index (χ1) is 12.9. The number of nitrogens with one attached hydrogen (secondary N) is 1. The molecule has 27 heavy (non-hydrogen) atoms. The highest BCUT2D eigenvalue weighted by Gasteiger charge is 2.30. The van der Waals surface area contributed by atoms with E-state index in [4.69, 9.17) is 11.6 Å². The molecule has 1 atom stereocenters. The largest absolute Gasteiger partial charge is 0.350 e. The monoisotopic (exact) mass is 423 g/mol. The van der Waals surface area contributed by atoms with Crippen molar-refractivity contribution in [1.29, 1.82) is 0 Å². The Morgan fingerprint density at radius 2 is 1.74 bits per heavy atom. The molecule has 4 nitrogen and oxygen atoms in total. The summed E-state index contributed by atoms with van der Waals surface area (Å²) >= 11 is 7.15. The lowest BCUT2D eigenvalue weighted by Gasteiger charge is -2.17. The van der Waals surface area contributed by atoms with Crippen LogP contribution in [0, 0.1) is 5.82 Å². The van der Waals surface area contributed by atoms with Crippen molar-refractivity contribution in [1.82, 2.24) is 5.32 Å². The summed E-state index contributed by atoms with van der Waals surface area (Å²) in [6, 6.07) is 14.4. The molecule has 0 radical (unpaired) electrons. The Morgan fingerprint density at radius 3 is 2.33 bits per heavy atom. The second kappa shape index (κ2) is 8.21. The number of hydrogen-bond donors (Lipinski definition) is 1. The maximum atomic E-state index is 13.1. The zero-order chi connectivity index (χ0) is 19.4. The number of benzene rings is 2. The first kappa shape index (κ1) is 19.5. The van der Waals surface area contributed by atoms with Gasteiger partial charge in [0.1, 0.15) is 11.1 Å². The molecule has 1 N–H and O–H groups in total. The van der Waals surface area contributed by atoms with Crippen LogP contribution in [-0.2, 0) is 9.84 Å². The van der Waals surface area contributed by atoms with E-state index >= 15 is 0 Å². The lowest BCUT2D eigenvalue weighted by atomic mass is 10.2. The SMILES string of the molecule is O=C(NC[C@H](c1cccs1)S(=O)(=O)c1ccc(Cl)cc1)c1ccc(F)cc1. The Labute approximate surface area is 165 Å². The molecule has 1 heterocycles. The molecule has 3 rings (SSSR count). The van der Waals surface area contributed by atoms with Crippen LogP contribution >= 0.6 is 22.9 Å². The normalized spacial score (nSPS) is 12.5. The van der Waals surface area contributed by atoms with Crippen molar-refractivity contribution in [2.45, 2.75) is 10.1 Å². The zero-order valence-corrected chi connectivity index (χ0v) is 16.3. The van der Waals surface area contributed by atoms with Gasteiger partial charge in [0.15, 0.2) is 9.84 Å². The Hall–Kier alpha value is -2.22. The Morgan fingerprint density at radius 1 is 1.07 bits per heavy atom. The summed E-state index contributed by atoms with van der Waals surface area (Å²) in [7, 11) is -3.75. The molecule has 0 spiro atoms. The highest BCUT2D eigenvalue weighted by Crippen LogP contribution is 2.32. The Bertz CT molecular complexity index is 1020. The third-order valence-corrected chi connectivity index (χ3v) is 7.42. The van der Waals surface area contributed by atoms with E-state index in [1.165, 1.54) is 59.9 Å². The van der Waals surface area contributed by atoms with Gasteiger partial charge in [0, 0.05) is 22.0 Å². The molecule has 2 aromatic carbocycles. The maximum absolute atomic E-state index is 13.1. The van der Waals surface area contributed by atoms with E-state index in [2.05, 4.69) is 5.32 Å². The average molecular weight is 424 g/mol. The molecule has 0 saturated carbocycles. The smallest absolute Gasteiger partial charge is 0.251 e. The molecule has 3 aromatic rings. The summed E-state index contributed by atoms with van der Waals surface area (Å²) < 4.78 is 39.2. The van der Waals surface area contributed by atoms with Crippen molar-refractivity contribution in [3.05, 3.63) is 87.3 Å². The van der Waals surface area contributed by atoms with Gasteiger partial charge in [-0.3, -0.25) is 4.79 Å². The number of halogens is 2. The van der Waals surface area contributed by atoms with Crippen molar-refractivity contribution < 1.29 is 17.6 Å². The predicted octanol–water partition coefficient (Wildman–Crippen LogP) is 4.49. The van der Waals surface area contributed by atoms with Gasteiger partial charge in [0.25, 0.3) is 5.91 Å². The van der Waals surface area contributed by atoms with Crippen molar-refractivity contribution in [3.63, 3.8) is 0 Å². The molecule has 1 amide bonds. The number of amides is 1. The van der Waals surface area contributed by atoms with Crippen molar-refractivity contribution in [2.75, 3.05) is 6.54 Å². The van der Waals surface area contributed by atoms with Crippen molar-refractivity contribution in [3.8, 4) is 0 Å². The zero-order valence-electron chi connectivity index (χ0n) is 13.9. The van der Waals surface area contributed by atoms with Gasteiger partial charge in [-0.1, -0.05) is 17.7 Å². The van der Waals surface area contributed by atoms with Gasteiger partial charge in [-0.2, -0.15) is 0 Å². The topological polar surface area (TPSA) is 63.2 Å². The molecular weight excluding hydrogens is 409 g/mol. The van der Waals surface area contributed by atoms with Gasteiger partial charge in [-0.15, -0.1) is 11.3 Å². The summed E-state index contributed by atoms with van der Waals surface area (Å²) in [6.45, 7) is -0.109. The number of sulfone groups is 1. The minimum Gasteiger partial charge on any atom is -0.350 e. The number of hydrogen-bond acceptors (Lipinski definition) is 4. The van der Waals surface area contributed by atoms with E-state index in [1.807, 2.05) is 0 Å². The Balaban J connectivity index is 1.85. The summed E-state index contributed by atoms with van der Waals surface area (Å²) in [5.74, 6) is -0.920. The number of thiophene rings is 1. The summed E-state index contributed by atoms with van der Waals surface area (Å²) in [5.41, 5.74) is 0.255. The van der Waals surface area contributed by atoms with Gasteiger partial charge in [0.2, 0.25) is 0 Å². The van der Waals surface area contributed by atoms with E-state index in [9.17, 15) is 17.6 Å². The predicted molar refractivity (Wildman–Crippen MR) is 104 cm³/mol. The fraction of sp³-hybridized carbons (Fsp3) is 0.105. The van der Waals surface area contributed by atoms with Crippen LogP contribution in [0.15, 0.2) is 70.9 Å². The van der Waals surface area contributed by atoms with E-state index < -0.39 is 26.8 Å². The van der Waals surface area contributed by atoms with Crippen LogP contribution in [0.1, 0.15) is 20.5 Å². The van der Waals surface area contributed by atoms with E-state index in [0.29, 0.717) is 9.90 Å². The molecule has 0 saturated heterocycles. The third kappa shape index (κ3) is 4.55. The number of rotatable bonds is 6. The van der Waals surface area contributed by atoms with Crippen LogP contribution < -0.4 is 5.32 Å². The standard InChI is InChI=1S/C19H15ClFNO3S2/c20-14-5-9-16(10-6-14)27(24,25)18(17-2-1-11-26-17)12-22-19(23)13-3-7-15(21)8-4-13/h1-11,18H,12H2,(H,22,23)/t18-/m1/s1. The fourth-order valence-electron chi connectivity index (χ4n) is 2.51. The quantitative estimate of drug-likeness (QED) is 0.635. The highest BCUT2D eigenvalue weighted by molar-refractivity contribution is 7.91. The molecule has 0 unspecified atom stereocenters. The molecular formula is C19H15ClFNO3S2. The summed E-state index contributed by atoms with van der Waals surface area (Å²) in [6.07, 6.45) is 0. The van der Waals surface area contributed by atoms with Crippen LogP contribution in [0.5, 0.6) is 0 Å². The van der Waals surface area contributed by atoms with E-state index in [0.717, 1.165) is 0 Å². The van der Waals surface area contributed by atoms with Crippen LogP contribution in [0.3, 0.4) is 0 Å². The van der Waals surface area contributed by atoms with Crippen molar-refractivity contribution in [2.24, 2.45) is 0 Å². The van der Waals surface area contributed by atoms with Crippen LogP contribution in [0.4, 0.5) is 4.39 Å². The highest BCUT2D eigenvalue weighted by atomic mass is 35.5. The van der Waals surface area contributed by atoms with Crippen LogP contribution in [0.25, 0.3) is 0 Å². The third-order valence-electron chi connectivity index (χ3n) is 3.93. The molecule has 1 aromatic heterocycles. The molecule has 0 bridgehead atoms. The Kier molecular flexibility index (Phi) is 5.94. The minimum absolute atomic E-state index is 0.109. The molecule has 0 fully saturated rings. The van der Waals surface area contributed by atoms with Gasteiger partial charge >= 0.3 is 0 Å². The number of carbonyl (C=O) groups excluding carboxylic acids is 1. The fourth-order valence-corrected chi connectivity index (χ4v) is 5.43. The lowest BCUT2D eigenvalue weighted by Crippen LogP contribution is -2.31. The molecule has 0 aliphatic heterocycles. The van der Waals surface area contributed by atoms with Gasteiger partial charge in [0.05, 0.1) is 4.90 Å². The summed E-state index contributed by atoms with van der Waals surface area (Å²) in [5, 5.41) is 3.91. The molecule has 8 heteroatoms. The van der Waals surface area contributed by atoms with Gasteiger partial charge < -0.3 is 5.32 Å². The average Bonchev–Trinajstić information content (AvgIpc) is 3.16. The minimum atomic E-state index is -3.75. The number of carbonyl (C=O) groups is 1. The molecule has 0 aliphatic carbocycles. The second-order valence-electron chi connectivity index (χ2n) is 5.72. The molecule has 0 aliphatic rings. The van der Waals surface area contributed by atoms with Gasteiger partial charge in [-0.05, 0) is 60.0 Å². The van der Waals surface area contributed by atoms with Crippen LogP contribution in [-0.4, -0.2) is 20.9 Å². The first-order valence-corrected chi connectivity index (χ1v) is 10.7. The maximum Gasteiger partial charge on any atom is 0.251 e.